The Hall–Kier alpha value is -2.75. The van der Waals surface area contributed by atoms with Crippen molar-refractivity contribution < 1.29 is 4.79 Å². The predicted octanol–water partition coefficient (Wildman–Crippen LogP) is 2.34. The van der Waals surface area contributed by atoms with Crippen LogP contribution in [0.25, 0.3) is 0 Å². The summed E-state index contributed by atoms with van der Waals surface area (Å²) in [6.45, 7) is 3.10. The van der Waals surface area contributed by atoms with Crippen LogP contribution in [0.4, 0.5) is 5.69 Å². The minimum atomic E-state index is -0.183. The standard InChI is InChI=1S/C20H23N5O/c1-24(2)19-9-10-25(14-19)13-15-3-5-16(6-4-15)20(26)23-18-8-7-17(11-21)22-12-18/h3-8,12,19H,9-10,13-14H2,1-2H3,(H,23,26). The lowest BCUT2D eigenvalue weighted by atomic mass is 10.1. The first-order valence-corrected chi connectivity index (χ1v) is 8.70. The normalized spacial score (nSPS) is 17.2. The van der Waals surface area contributed by atoms with Crippen LogP contribution in [0.15, 0.2) is 42.6 Å². The highest BCUT2D eigenvalue weighted by atomic mass is 16.1. The summed E-state index contributed by atoms with van der Waals surface area (Å²) in [5.74, 6) is -0.183. The van der Waals surface area contributed by atoms with Gasteiger partial charge in [0.15, 0.2) is 0 Å². The Kier molecular flexibility index (Phi) is 5.61. The molecule has 2 aromatic rings. The summed E-state index contributed by atoms with van der Waals surface area (Å²) in [5.41, 5.74) is 2.71. The molecule has 2 heterocycles. The highest BCUT2D eigenvalue weighted by Gasteiger charge is 2.23. The number of likely N-dealkylation sites (N-methyl/N-ethyl adjacent to an activating group) is 1. The fourth-order valence-corrected chi connectivity index (χ4v) is 3.13. The van der Waals surface area contributed by atoms with Gasteiger partial charge in [0.1, 0.15) is 11.8 Å². The third kappa shape index (κ3) is 4.45. The maximum atomic E-state index is 12.3. The van der Waals surface area contributed by atoms with E-state index in [-0.39, 0.29) is 5.91 Å². The van der Waals surface area contributed by atoms with Gasteiger partial charge in [0.05, 0.1) is 11.9 Å². The molecule has 1 aliphatic rings. The van der Waals surface area contributed by atoms with Crippen LogP contribution in [0.2, 0.25) is 0 Å². The molecule has 6 heteroatoms. The van der Waals surface area contributed by atoms with Crippen molar-refractivity contribution in [2.24, 2.45) is 0 Å². The van der Waals surface area contributed by atoms with Crippen LogP contribution < -0.4 is 5.32 Å². The second-order valence-corrected chi connectivity index (χ2v) is 6.84. The molecule has 0 saturated carbocycles. The second-order valence-electron chi connectivity index (χ2n) is 6.84. The average Bonchev–Trinajstić information content (AvgIpc) is 3.12. The average molecular weight is 349 g/mol. The highest BCUT2D eigenvalue weighted by molar-refractivity contribution is 6.04. The Bertz CT molecular complexity index is 792. The Labute approximate surface area is 154 Å². The molecule has 0 radical (unpaired) electrons. The van der Waals surface area contributed by atoms with Gasteiger partial charge < -0.3 is 10.2 Å². The van der Waals surface area contributed by atoms with Crippen LogP contribution in [-0.2, 0) is 6.54 Å². The molecule has 0 spiro atoms. The van der Waals surface area contributed by atoms with Gasteiger partial charge in [-0.25, -0.2) is 4.98 Å². The summed E-state index contributed by atoms with van der Waals surface area (Å²) in [6, 6.07) is 13.5. The van der Waals surface area contributed by atoms with Crippen molar-refractivity contribution >= 4 is 11.6 Å². The second kappa shape index (κ2) is 8.09. The number of hydrogen-bond acceptors (Lipinski definition) is 5. The van der Waals surface area contributed by atoms with E-state index in [0.29, 0.717) is 23.0 Å². The zero-order valence-electron chi connectivity index (χ0n) is 15.1. The maximum absolute atomic E-state index is 12.3. The fraction of sp³-hybridized carbons (Fsp3) is 0.350. The van der Waals surface area contributed by atoms with Crippen molar-refractivity contribution in [1.82, 2.24) is 14.8 Å². The Balaban J connectivity index is 1.56. The van der Waals surface area contributed by atoms with Crippen molar-refractivity contribution in [2.45, 2.75) is 19.0 Å². The summed E-state index contributed by atoms with van der Waals surface area (Å²) < 4.78 is 0. The number of rotatable bonds is 5. The van der Waals surface area contributed by atoms with Crippen LogP contribution in [0.3, 0.4) is 0 Å². The van der Waals surface area contributed by atoms with E-state index in [1.807, 2.05) is 30.3 Å². The summed E-state index contributed by atoms with van der Waals surface area (Å²) >= 11 is 0. The summed E-state index contributed by atoms with van der Waals surface area (Å²) in [7, 11) is 4.26. The smallest absolute Gasteiger partial charge is 0.255 e. The molecule has 1 saturated heterocycles. The third-order valence-electron chi connectivity index (χ3n) is 4.74. The number of aromatic nitrogens is 1. The highest BCUT2D eigenvalue weighted by Crippen LogP contribution is 2.17. The largest absolute Gasteiger partial charge is 0.321 e. The molecule has 1 aromatic carbocycles. The number of nitrogens with zero attached hydrogens (tertiary/aromatic N) is 4. The van der Waals surface area contributed by atoms with Gasteiger partial charge in [-0.3, -0.25) is 9.69 Å². The van der Waals surface area contributed by atoms with E-state index in [9.17, 15) is 4.79 Å². The first kappa shape index (κ1) is 18.1. The zero-order valence-corrected chi connectivity index (χ0v) is 15.1. The molecule has 6 nitrogen and oxygen atoms in total. The molecule has 134 valence electrons. The summed E-state index contributed by atoms with van der Waals surface area (Å²) in [5, 5.41) is 11.5. The van der Waals surface area contributed by atoms with Gasteiger partial charge in [-0.1, -0.05) is 12.1 Å². The Morgan fingerprint density at radius 3 is 2.65 bits per heavy atom. The maximum Gasteiger partial charge on any atom is 0.255 e. The molecule has 1 N–H and O–H groups in total. The molecule has 26 heavy (non-hydrogen) atoms. The molecule has 0 bridgehead atoms. The number of carbonyl (C=O) groups excluding carboxylic acids is 1. The molecule has 1 atom stereocenters. The van der Waals surface area contributed by atoms with Gasteiger partial charge in [0, 0.05) is 31.2 Å². The Morgan fingerprint density at radius 2 is 2.08 bits per heavy atom. The predicted molar refractivity (Wildman–Crippen MR) is 101 cm³/mol. The molecule has 3 rings (SSSR count). The number of pyridine rings is 1. The topological polar surface area (TPSA) is 72.3 Å². The van der Waals surface area contributed by atoms with Gasteiger partial charge >= 0.3 is 0 Å². The van der Waals surface area contributed by atoms with Crippen LogP contribution >= 0.6 is 0 Å². The van der Waals surface area contributed by atoms with Crippen molar-refractivity contribution in [2.75, 3.05) is 32.5 Å². The van der Waals surface area contributed by atoms with Crippen LogP contribution in [0.1, 0.15) is 28.0 Å². The fourth-order valence-electron chi connectivity index (χ4n) is 3.13. The first-order chi connectivity index (χ1) is 12.5. The van der Waals surface area contributed by atoms with Crippen LogP contribution in [-0.4, -0.2) is 53.9 Å². The number of benzene rings is 1. The molecular weight excluding hydrogens is 326 g/mol. The lowest BCUT2D eigenvalue weighted by molar-refractivity contribution is 0.102. The third-order valence-corrected chi connectivity index (χ3v) is 4.74. The molecular formula is C20H23N5O. The number of amides is 1. The number of nitrogens with one attached hydrogen (secondary N) is 1. The van der Waals surface area contributed by atoms with E-state index in [1.165, 1.54) is 18.2 Å². The minimum Gasteiger partial charge on any atom is -0.321 e. The van der Waals surface area contributed by atoms with Gasteiger partial charge in [-0.15, -0.1) is 0 Å². The van der Waals surface area contributed by atoms with Crippen molar-refractivity contribution in [3.8, 4) is 6.07 Å². The van der Waals surface area contributed by atoms with Crippen LogP contribution in [0.5, 0.6) is 0 Å². The molecule has 1 aromatic heterocycles. The van der Waals surface area contributed by atoms with Gasteiger partial charge in [-0.2, -0.15) is 5.26 Å². The molecule has 0 aliphatic carbocycles. The SMILES string of the molecule is CN(C)C1CCN(Cc2ccc(C(=O)Nc3ccc(C#N)nc3)cc2)C1. The Morgan fingerprint density at radius 1 is 1.31 bits per heavy atom. The van der Waals surface area contributed by atoms with Crippen molar-refractivity contribution in [3.05, 3.63) is 59.4 Å². The van der Waals surface area contributed by atoms with Gasteiger partial charge in [-0.05, 0) is 50.3 Å². The monoisotopic (exact) mass is 349 g/mol. The van der Waals surface area contributed by atoms with E-state index < -0.39 is 0 Å². The van der Waals surface area contributed by atoms with Crippen molar-refractivity contribution in [3.63, 3.8) is 0 Å². The lowest BCUT2D eigenvalue weighted by Crippen LogP contribution is -2.31. The number of nitriles is 1. The van der Waals surface area contributed by atoms with E-state index in [2.05, 4.69) is 34.2 Å². The molecule has 1 amide bonds. The summed E-state index contributed by atoms with van der Waals surface area (Å²) in [4.78, 5) is 21.0. The molecule has 1 unspecified atom stereocenters. The number of likely N-dealkylation sites (tertiary alicyclic amines) is 1. The first-order valence-electron chi connectivity index (χ1n) is 8.70. The van der Waals surface area contributed by atoms with E-state index in [0.717, 1.165) is 19.6 Å². The number of hydrogen-bond donors (Lipinski definition) is 1. The van der Waals surface area contributed by atoms with Gasteiger partial charge in [0.2, 0.25) is 0 Å². The van der Waals surface area contributed by atoms with Gasteiger partial charge in [0.25, 0.3) is 5.91 Å². The van der Waals surface area contributed by atoms with E-state index >= 15 is 0 Å². The van der Waals surface area contributed by atoms with E-state index in [1.54, 1.807) is 12.1 Å². The molecule has 1 aliphatic heterocycles. The quantitative estimate of drug-likeness (QED) is 0.897. The number of carbonyl (C=O) groups is 1. The minimum absolute atomic E-state index is 0.183. The molecule has 1 fully saturated rings. The summed E-state index contributed by atoms with van der Waals surface area (Å²) in [6.07, 6.45) is 2.69. The number of anilines is 1. The van der Waals surface area contributed by atoms with Crippen molar-refractivity contribution in [1.29, 1.82) is 5.26 Å². The van der Waals surface area contributed by atoms with E-state index in [4.69, 9.17) is 5.26 Å². The van der Waals surface area contributed by atoms with Crippen LogP contribution in [0, 0.1) is 11.3 Å². The zero-order chi connectivity index (χ0) is 18.5. The lowest BCUT2D eigenvalue weighted by Gasteiger charge is -2.20.